The number of hydrogen-bond acceptors (Lipinski definition) is 8. The van der Waals surface area contributed by atoms with Crippen LogP contribution in [0, 0.1) is 0 Å². The molecule has 3 aliphatic rings. The molecule has 3 aromatic rings. The molecule has 1 aromatic carbocycles. The minimum absolute atomic E-state index is 0.207. The van der Waals surface area contributed by atoms with Crippen LogP contribution in [0.1, 0.15) is 56.7 Å². The number of anilines is 2. The van der Waals surface area contributed by atoms with E-state index in [0.29, 0.717) is 75.9 Å². The van der Waals surface area contributed by atoms with E-state index in [2.05, 4.69) is 10.4 Å². The van der Waals surface area contributed by atoms with Crippen molar-refractivity contribution in [1.82, 2.24) is 24.1 Å². The Morgan fingerprint density at radius 1 is 1.04 bits per heavy atom. The standard InChI is InChI=1S/C30H34F3N7O5/c1-29(2,3)45-28(43)38-14-12-37(13-15-38)23-21-8-9-22(25(41)34-20-6-4-19(5-7-20)30(31,32)33)39(21)27-35-24(36-40(27)26(23)42)18-10-16-44-17-11-18/h4-7,10,22H,8-9,11-17H2,1-3H3,(H,34,41). The zero-order valence-corrected chi connectivity index (χ0v) is 25.2. The van der Waals surface area contributed by atoms with Gasteiger partial charge in [0.2, 0.25) is 11.7 Å². The van der Waals surface area contributed by atoms with Crippen molar-refractivity contribution < 1.29 is 32.2 Å². The largest absolute Gasteiger partial charge is 0.444 e. The first kappa shape index (κ1) is 30.6. The van der Waals surface area contributed by atoms with Crippen molar-refractivity contribution in [2.75, 3.05) is 49.6 Å². The van der Waals surface area contributed by atoms with Gasteiger partial charge in [0.25, 0.3) is 5.56 Å². The van der Waals surface area contributed by atoms with E-state index in [1.807, 2.05) is 11.0 Å². The summed E-state index contributed by atoms with van der Waals surface area (Å²) in [6.07, 6.45) is -1.77. The lowest BCUT2D eigenvalue weighted by Gasteiger charge is -2.37. The third-order valence-corrected chi connectivity index (χ3v) is 8.01. The van der Waals surface area contributed by atoms with Crippen LogP contribution in [0.3, 0.4) is 0 Å². The van der Waals surface area contributed by atoms with E-state index in [-0.39, 0.29) is 17.0 Å². The lowest BCUT2D eigenvalue weighted by Crippen LogP contribution is -2.51. The fraction of sp³-hybridized carbons (Fsp3) is 0.500. The number of alkyl halides is 3. The second-order valence-electron chi connectivity index (χ2n) is 12.2. The van der Waals surface area contributed by atoms with Crippen molar-refractivity contribution in [3.8, 4) is 0 Å². The van der Waals surface area contributed by atoms with Crippen molar-refractivity contribution in [3.63, 3.8) is 0 Å². The molecule has 6 rings (SSSR count). The van der Waals surface area contributed by atoms with Crippen LogP contribution in [0.2, 0.25) is 0 Å². The van der Waals surface area contributed by atoms with Crippen LogP contribution in [-0.2, 0) is 26.9 Å². The van der Waals surface area contributed by atoms with Crippen LogP contribution in [0.15, 0.2) is 35.1 Å². The van der Waals surface area contributed by atoms with Gasteiger partial charge in [0.1, 0.15) is 17.3 Å². The minimum atomic E-state index is -4.50. The molecular weight excluding hydrogens is 595 g/mol. The Morgan fingerprint density at radius 3 is 2.38 bits per heavy atom. The number of aromatic nitrogens is 4. The van der Waals surface area contributed by atoms with Gasteiger partial charge in [-0.2, -0.15) is 22.7 Å². The highest BCUT2D eigenvalue weighted by Crippen LogP contribution is 2.35. The molecule has 0 saturated carbocycles. The lowest BCUT2D eigenvalue weighted by molar-refractivity contribution is -0.137. The number of halogens is 3. The number of benzene rings is 1. The number of carbonyl (C=O) groups is 2. The van der Waals surface area contributed by atoms with Crippen molar-refractivity contribution in [2.24, 2.45) is 0 Å². The van der Waals surface area contributed by atoms with E-state index in [1.54, 1.807) is 30.2 Å². The van der Waals surface area contributed by atoms with E-state index in [4.69, 9.17) is 14.5 Å². The second-order valence-corrected chi connectivity index (χ2v) is 12.2. The fourth-order valence-corrected chi connectivity index (χ4v) is 5.86. The zero-order valence-electron chi connectivity index (χ0n) is 25.2. The second kappa shape index (κ2) is 11.5. The Labute approximate surface area is 256 Å². The summed E-state index contributed by atoms with van der Waals surface area (Å²) >= 11 is 0. The normalized spacial score (nSPS) is 19.0. The molecule has 0 bridgehead atoms. The summed E-state index contributed by atoms with van der Waals surface area (Å²) in [5.74, 6) is 0.124. The van der Waals surface area contributed by atoms with Gasteiger partial charge in [-0.1, -0.05) is 6.08 Å². The third kappa shape index (κ3) is 6.13. The first-order valence-electron chi connectivity index (χ1n) is 14.8. The van der Waals surface area contributed by atoms with Crippen molar-refractivity contribution >= 4 is 34.7 Å². The highest BCUT2D eigenvalue weighted by atomic mass is 19.4. The van der Waals surface area contributed by atoms with Crippen LogP contribution in [-0.4, -0.2) is 81.1 Å². The minimum Gasteiger partial charge on any atom is -0.444 e. The van der Waals surface area contributed by atoms with Crippen LogP contribution >= 0.6 is 0 Å². The summed E-state index contributed by atoms with van der Waals surface area (Å²) in [5.41, 5.74) is 0.207. The predicted octanol–water partition coefficient (Wildman–Crippen LogP) is 3.90. The van der Waals surface area contributed by atoms with E-state index < -0.39 is 35.4 Å². The van der Waals surface area contributed by atoms with Crippen molar-refractivity contribution in [1.29, 1.82) is 0 Å². The Balaban J connectivity index is 1.35. The first-order valence-corrected chi connectivity index (χ1v) is 14.8. The van der Waals surface area contributed by atoms with Gasteiger partial charge in [-0.25, -0.2) is 4.79 Å². The predicted molar refractivity (Wildman–Crippen MR) is 158 cm³/mol. The summed E-state index contributed by atoms with van der Waals surface area (Å²) in [6.45, 7) is 7.67. The molecule has 12 nitrogen and oxygen atoms in total. The van der Waals surface area contributed by atoms with Crippen molar-refractivity contribution in [2.45, 2.75) is 57.9 Å². The lowest BCUT2D eigenvalue weighted by atomic mass is 10.1. The summed E-state index contributed by atoms with van der Waals surface area (Å²) in [4.78, 5) is 48.5. The average Bonchev–Trinajstić information content (AvgIpc) is 3.63. The Bertz CT molecular complexity index is 1710. The molecule has 45 heavy (non-hydrogen) atoms. The van der Waals surface area contributed by atoms with Gasteiger partial charge in [0.05, 0.1) is 24.5 Å². The van der Waals surface area contributed by atoms with Gasteiger partial charge in [-0.15, -0.1) is 5.10 Å². The summed E-state index contributed by atoms with van der Waals surface area (Å²) in [6, 6.07) is 3.44. The molecule has 2 amide bonds. The highest BCUT2D eigenvalue weighted by molar-refractivity contribution is 5.94. The van der Waals surface area contributed by atoms with E-state index >= 15 is 0 Å². The quantitative estimate of drug-likeness (QED) is 0.461. The van der Waals surface area contributed by atoms with E-state index in [9.17, 15) is 27.6 Å². The number of amides is 2. The van der Waals surface area contributed by atoms with Gasteiger partial charge in [0.15, 0.2) is 5.82 Å². The number of fused-ring (bicyclic) bond motifs is 3. The Hall–Kier alpha value is -4.40. The number of nitrogens with zero attached hydrogens (tertiary/aromatic N) is 6. The summed E-state index contributed by atoms with van der Waals surface area (Å²) in [5, 5.41) is 7.29. The number of ether oxygens (including phenoxy) is 2. The van der Waals surface area contributed by atoms with Crippen LogP contribution in [0.4, 0.5) is 29.3 Å². The van der Waals surface area contributed by atoms with Gasteiger partial charge < -0.3 is 24.6 Å². The molecule has 1 N–H and O–H groups in total. The van der Waals surface area contributed by atoms with Gasteiger partial charge in [-0.3, -0.25) is 14.2 Å². The SMILES string of the molecule is CC(C)(C)OC(=O)N1CCN(c2c3n(c4nc(C5=CCOCC5)nn4c2=O)C(C(=O)Nc2ccc(C(F)(F)F)cc2)CC3)CC1. The first-order chi connectivity index (χ1) is 21.3. The molecule has 1 fully saturated rings. The fourth-order valence-electron chi connectivity index (χ4n) is 5.86. The molecule has 3 aliphatic heterocycles. The topological polar surface area (TPSA) is 123 Å². The molecule has 0 spiro atoms. The average molecular weight is 630 g/mol. The number of hydrogen-bond donors (Lipinski definition) is 1. The monoisotopic (exact) mass is 629 g/mol. The molecule has 1 atom stereocenters. The number of carbonyl (C=O) groups excluding carboxylic acids is 2. The summed E-state index contributed by atoms with van der Waals surface area (Å²) in [7, 11) is 0. The molecule has 5 heterocycles. The molecule has 15 heteroatoms. The summed E-state index contributed by atoms with van der Waals surface area (Å²) < 4.78 is 53.0. The van der Waals surface area contributed by atoms with Gasteiger partial charge in [0, 0.05) is 31.9 Å². The maximum atomic E-state index is 14.0. The maximum Gasteiger partial charge on any atom is 0.416 e. The number of nitrogens with one attached hydrogen (secondary N) is 1. The smallest absolute Gasteiger partial charge is 0.416 e. The number of rotatable bonds is 4. The third-order valence-electron chi connectivity index (χ3n) is 8.01. The molecule has 0 radical (unpaired) electrons. The van der Waals surface area contributed by atoms with Gasteiger partial charge >= 0.3 is 12.3 Å². The molecule has 1 saturated heterocycles. The Morgan fingerprint density at radius 2 is 1.76 bits per heavy atom. The van der Waals surface area contributed by atoms with Crippen LogP contribution < -0.4 is 15.8 Å². The maximum absolute atomic E-state index is 14.0. The molecule has 240 valence electrons. The van der Waals surface area contributed by atoms with E-state index in [0.717, 1.165) is 17.7 Å². The molecule has 2 aromatic heterocycles. The highest BCUT2D eigenvalue weighted by Gasteiger charge is 2.37. The van der Waals surface area contributed by atoms with Crippen LogP contribution in [0.5, 0.6) is 0 Å². The Kier molecular flexibility index (Phi) is 7.83. The van der Waals surface area contributed by atoms with Crippen molar-refractivity contribution in [3.05, 3.63) is 57.8 Å². The zero-order chi connectivity index (χ0) is 32.1. The number of piperazine rings is 1. The molecule has 0 aliphatic carbocycles. The van der Waals surface area contributed by atoms with Gasteiger partial charge in [-0.05, 0) is 69.9 Å². The molecule has 1 unspecified atom stereocenters. The van der Waals surface area contributed by atoms with Crippen LogP contribution in [0.25, 0.3) is 11.4 Å². The molecular formula is C30H34F3N7O5. The van der Waals surface area contributed by atoms with E-state index in [1.165, 1.54) is 16.6 Å².